The summed E-state index contributed by atoms with van der Waals surface area (Å²) in [5, 5.41) is 0. The Morgan fingerprint density at radius 2 is 1.56 bits per heavy atom. The summed E-state index contributed by atoms with van der Waals surface area (Å²) < 4.78 is 7.85. The van der Waals surface area contributed by atoms with Gasteiger partial charge in [-0.25, -0.2) is 0 Å². The van der Waals surface area contributed by atoms with E-state index < -0.39 is 17.7 Å². The van der Waals surface area contributed by atoms with Crippen LogP contribution in [0.5, 0.6) is 0 Å². The monoisotopic (exact) mass is 474 g/mol. The second-order valence-electron chi connectivity index (χ2n) is 7.57. The SMILES string of the molecule is CCC[CH2][Sn]([Cl])([CH2]CCC)[O]C(=O)C(C)c1ccc(CC(C)C)cc1. The molecule has 0 saturated carbocycles. The fraction of sp³-hybridized carbons (Fsp3) is 0.667. The van der Waals surface area contributed by atoms with Gasteiger partial charge in [-0.15, -0.1) is 0 Å². The first-order valence-electron chi connectivity index (χ1n) is 9.82. The molecule has 4 heteroatoms. The Labute approximate surface area is 162 Å². The summed E-state index contributed by atoms with van der Waals surface area (Å²) in [6, 6.07) is 8.38. The summed E-state index contributed by atoms with van der Waals surface area (Å²) in [5.41, 5.74) is 2.34. The van der Waals surface area contributed by atoms with E-state index in [0.29, 0.717) is 5.92 Å². The average Bonchev–Trinajstić information content (AvgIpc) is 2.58. The molecule has 1 atom stereocenters. The van der Waals surface area contributed by atoms with Gasteiger partial charge in [0.15, 0.2) is 0 Å². The van der Waals surface area contributed by atoms with E-state index in [0.717, 1.165) is 46.5 Å². The van der Waals surface area contributed by atoms with Crippen molar-refractivity contribution in [1.82, 2.24) is 0 Å². The molecule has 0 N–H and O–H groups in total. The number of hydrogen-bond donors (Lipinski definition) is 0. The van der Waals surface area contributed by atoms with Crippen LogP contribution in [-0.4, -0.2) is 23.6 Å². The van der Waals surface area contributed by atoms with Gasteiger partial charge in [0, 0.05) is 0 Å². The van der Waals surface area contributed by atoms with Crippen molar-refractivity contribution >= 4 is 32.6 Å². The minimum absolute atomic E-state index is 0.130. The van der Waals surface area contributed by atoms with Crippen LogP contribution in [0.2, 0.25) is 8.87 Å². The van der Waals surface area contributed by atoms with Gasteiger partial charge in [0.05, 0.1) is 0 Å². The van der Waals surface area contributed by atoms with Crippen molar-refractivity contribution in [2.75, 3.05) is 0 Å². The molecule has 1 aromatic carbocycles. The van der Waals surface area contributed by atoms with Crippen molar-refractivity contribution in [1.29, 1.82) is 0 Å². The summed E-state index contributed by atoms with van der Waals surface area (Å²) in [5.74, 6) is 0.261. The minimum atomic E-state index is -3.28. The van der Waals surface area contributed by atoms with Gasteiger partial charge >= 0.3 is 163 Å². The summed E-state index contributed by atoms with van der Waals surface area (Å²) >= 11 is -3.28. The van der Waals surface area contributed by atoms with E-state index in [1.54, 1.807) is 0 Å². The van der Waals surface area contributed by atoms with Crippen LogP contribution in [0.25, 0.3) is 0 Å². The number of rotatable bonds is 11. The predicted octanol–water partition coefficient (Wildman–Crippen LogP) is 6.81. The fourth-order valence-electron chi connectivity index (χ4n) is 2.93. The van der Waals surface area contributed by atoms with Crippen molar-refractivity contribution in [3.63, 3.8) is 0 Å². The maximum atomic E-state index is 12.7. The van der Waals surface area contributed by atoms with Gasteiger partial charge in [-0.05, 0) is 0 Å². The predicted molar refractivity (Wildman–Crippen MR) is 111 cm³/mol. The van der Waals surface area contributed by atoms with Crippen LogP contribution in [-0.2, 0) is 14.3 Å². The van der Waals surface area contributed by atoms with Crippen LogP contribution in [0.4, 0.5) is 0 Å². The van der Waals surface area contributed by atoms with Gasteiger partial charge in [0.1, 0.15) is 0 Å². The number of carbonyl (C=O) groups is 1. The molecule has 0 saturated heterocycles. The van der Waals surface area contributed by atoms with E-state index in [4.69, 9.17) is 12.0 Å². The molecular weight excluding hydrogens is 438 g/mol. The third-order valence-electron chi connectivity index (χ3n) is 4.57. The van der Waals surface area contributed by atoms with Gasteiger partial charge in [-0.2, -0.15) is 0 Å². The second kappa shape index (κ2) is 11.5. The van der Waals surface area contributed by atoms with Crippen molar-refractivity contribution in [3.8, 4) is 0 Å². The van der Waals surface area contributed by atoms with Crippen LogP contribution >= 0.6 is 8.92 Å². The molecule has 2 nitrogen and oxygen atoms in total. The third-order valence-corrected chi connectivity index (χ3v) is 15.5. The average molecular weight is 474 g/mol. The standard InChI is InChI=1S/C13H18O2.2C4H9.ClH.Sn/c1-9(2)8-11-4-6-12(7-5-11)10(3)13(14)15;2*1-3-4-2;;/h4-7,9-10H,8H2,1-3H3,(H,14,15);2*1,3-4H2,2H3;1H;/q;;;;+2/p-2. The van der Waals surface area contributed by atoms with Gasteiger partial charge in [-0.3, -0.25) is 0 Å². The van der Waals surface area contributed by atoms with E-state index in [-0.39, 0.29) is 11.9 Å². The zero-order chi connectivity index (χ0) is 18.9. The number of unbranched alkanes of at least 4 members (excludes halogenated alkanes) is 2. The molecule has 0 fully saturated rings. The zero-order valence-electron chi connectivity index (χ0n) is 16.6. The van der Waals surface area contributed by atoms with E-state index in [2.05, 4.69) is 52.0 Å². The Hall–Kier alpha value is -0.221. The molecule has 1 aromatic rings. The first-order chi connectivity index (χ1) is 11.8. The van der Waals surface area contributed by atoms with Crippen LogP contribution in [0.1, 0.15) is 77.3 Å². The molecule has 0 spiro atoms. The first-order valence-corrected chi connectivity index (χ1v) is 18.6. The van der Waals surface area contributed by atoms with Gasteiger partial charge in [-0.1, -0.05) is 0 Å². The molecule has 0 heterocycles. The van der Waals surface area contributed by atoms with Crippen molar-refractivity contribution in [2.24, 2.45) is 5.92 Å². The van der Waals surface area contributed by atoms with Crippen molar-refractivity contribution in [2.45, 2.75) is 81.5 Å². The third kappa shape index (κ3) is 8.34. The topological polar surface area (TPSA) is 26.3 Å². The van der Waals surface area contributed by atoms with Crippen LogP contribution in [0.3, 0.4) is 0 Å². The van der Waals surface area contributed by atoms with E-state index in [1.165, 1.54) is 5.56 Å². The van der Waals surface area contributed by atoms with E-state index in [1.807, 2.05) is 6.92 Å². The number of benzene rings is 1. The maximum absolute atomic E-state index is 12.7. The fourth-order valence-corrected chi connectivity index (χ4v) is 13.1. The Morgan fingerprint density at radius 1 is 1.04 bits per heavy atom. The quantitative estimate of drug-likeness (QED) is 0.330. The molecule has 0 radical (unpaired) electrons. The molecule has 0 aromatic heterocycles. The Bertz CT molecular complexity index is 505. The van der Waals surface area contributed by atoms with E-state index in [9.17, 15) is 4.79 Å². The molecule has 0 aliphatic carbocycles. The number of carbonyl (C=O) groups excluding carboxylic acids is 1. The van der Waals surface area contributed by atoms with Crippen molar-refractivity contribution < 1.29 is 7.87 Å². The van der Waals surface area contributed by atoms with Gasteiger partial charge in [0.25, 0.3) is 0 Å². The Balaban J connectivity index is 2.75. The molecule has 0 aliphatic rings. The molecule has 1 rings (SSSR count). The molecule has 142 valence electrons. The summed E-state index contributed by atoms with van der Waals surface area (Å²) in [6.07, 6.45) is 5.39. The zero-order valence-corrected chi connectivity index (χ0v) is 20.2. The molecular formula is C21H35ClO2Sn. The van der Waals surface area contributed by atoms with Crippen LogP contribution in [0, 0.1) is 5.92 Å². The Morgan fingerprint density at radius 3 is 2.00 bits per heavy atom. The number of hydrogen-bond acceptors (Lipinski definition) is 2. The second-order valence-corrected chi connectivity index (χ2v) is 20.7. The molecule has 25 heavy (non-hydrogen) atoms. The Kier molecular flexibility index (Phi) is 10.5. The number of halogens is 1. The normalized spacial score (nSPS) is 13.1. The van der Waals surface area contributed by atoms with Gasteiger partial charge in [0.2, 0.25) is 0 Å². The molecule has 0 aliphatic heterocycles. The summed E-state index contributed by atoms with van der Waals surface area (Å²) in [6.45, 7) is 10.7. The van der Waals surface area contributed by atoms with Crippen LogP contribution < -0.4 is 0 Å². The van der Waals surface area contributed by atoms with Gasteiger partial charge < -0.3 is 0 Å². The van der Waals surface area contributed by atoms with E-state index >= 15 is 0 Å². The first kappa shape index (κ1) is 22.8. The summed E-state index contributed by atoms with van der Waals surface area (Å²) in [7, 11) is 6.87. The molecule has 0 bridgehead atoms. The van der Waals surface area contributed by atoms with Crippen molar-refractivity contribution in [3.05, 3.63) is 35.4 Å². The van der Waals surface area contributed by atoms with Crippen LogP contribution in [0.15, 0.2) is 24.3 Å². The summed E-state index contributed by atoms with van der Waals surface area (Å²) in [4.78, 5) is 12.7. The molecule has 1 unspecified atom stereocenters. The molecule has 0 amide bonds.